The van der Waals surface area contributed by atoms with Gasteiger partial charge in [-0.15, -0.1) is 5.10 Å². The lowest BCUT2D eigenvalue weighted by Crippen LogP contribution is -2.48. The van der Waals surface area contributed by atoms with Crippen molar-refractivity contribution in [2.45, 2.75) is 5.41 Å². The molecule has 1 spiro atoms. The first kappa shape index (κ1) is 23.6. The van der Waals surface area contributed by atoms with Crippen LogP contribution in [0.5, 0.6) is 23.1 Å². The first-order chi connectivity index (χ1) is 17.8. The molecule has 2 aliphatic heterocycles. The molecule has 188 valence electrons. The van der Waals surface area contributed by atoms with E-state index < -0.39 is 23.8 Å². The number of carbonyl (C=O) groups excluding carboxylic acids is 2. The number of nitrogens with zero attached hydrogens (tertiary/aromatic N) is 3. The Morgan fingerprint density at radius 1 is 1.22 bits per heavy atom. The highest BCUT2D eigenvalue weighted by atomic mass is 16.5. The minimum absolute atomic E-state index is 0.0429. The van der Waals surface area contributed by atoms with Crippen molar-refractivity contribution in [3.63, 3.8) is 0 Å². The number of carboxylic acid groups (broad SMARTS) is 1. The zero-order valence-electron chi connectivity index (χ0n) is 19.9. The SMILES string of the molecule is COc1cc(-c2[nH]nc3c2[C@@]2(C(=O)N(CC(=O)[O-])c4ccccc42)C(C#N)=C(N)O3)cc(OC)c1OC. The summed E-state index contributed by atoms with van der Waals surface area (Å²) in [7, 11) is 4.38. The normalized spacial score (nSPS) is 17.7. The minimum atomic E-state index is -1.85. The standard InChI is InChI=1S/C25H21N5O7/c1-34-16-8-12(9-17(35-2)21(16)36-3)20-19-23(29-28-20)37-22(27)14(10-26)25(19)13-6-4-5-7-15(13)30(24(25)33)11-18(31)32/h4-9H,11,27H2,1-3H3,(H,28,29)(H,31,32)/p-1/t25-/m0/s1. The minimum Gasteiger partial charge on any atom is -0.548 e. The molecule has 12 heteroatoms. The van der Waals surface area contributed by atoms with Crippen LogP contribution in [0.15, 0.2) is 47.9 Å². The summed E-state index contributed by atoms with van der Waals surface area (Å²) in [5.74, 6) is -1.54. The molecule has 12 nitrogen and oxygen atoms in total. The van der Waals surface area contributed by atoms with Crippen molar-refractivity contribution < 1.29 is 33.6 Å². The first-order valence-electron chi connectivity index (χ1n) is 10.9. The number of nitrogens with two attached hydrogens (primary N) is 1. The predicted octanol–water partition coefficient (Wildman–Crippen LogP) is 0.571. The van der Waals surface area contributed by atoms with Gasteiger partial charge >= 0.3 is 0 Å². The number of carbonyl (C=O) groups is 2. The molecular weight excluding hydrogens is 482 g/mol. The van der Waals surface area contributed by atoms with Gasteiger partial charge in [0, 0.05) is 16.8 Å². The molecule has 2 aliphatic rings. The van der Waals surface area contributed by atoms with Crippen molar-refractivity contribution in [2.75, 3.05) is 32.8 Å². The number of aliphatic carboxylic acids is 1. The molecule has 1 aromatic heterocycles. The highest BCUT2D eigenvalue weighted by Crippen LogP contribution is 2.57. The highest BCUT2D eigenvalue weighted by molar-refractivity contribution is 6.16. The third-order valence-corrected chi connectivity index (χ3v) is 6.45. The number of amides is 1. The predicted molar refractivity (Wildman–Crippen MR) is 126 cm³/mol. The number of nitrogens with one attached hydrogen (secondary N) is 1. The van der Waals surface area contributed by atoms with E-state index in [1.165, 1.54) is 21.3 Å². The average molecular weight is 502 g/mol. The molecule has 5 rings (SSSR count). The van der Waals surface area contributed by atoms with E-state index in [2.05, 4.69) is 10.2 Å². The van der Waals surface area contributed by atoms with Crippen molar-refractivity contribution in [2.24, 2.45) is 5.73 Å². The molecular formula is C25H20N5O7-. The molecule has 0 fully saturated rings. The third-order valence-electron chi connectivity index (χ3n) is 6.45. The Balaban J connectivity index is 1.86. The van der Waals surface area contributed by atoms with E-state index >= 15 is 0 Å². The molecule has 0 saturated heterocycles. The maximum absolute atomic E-state index is 14.2. The molecule has 3 aromatic rings. The summed E-state index contributed by atoms with van der Waals surface area (Å²) in [4.78, 5) is 26.9. The number of aromatic nitrogens is 2. The molecule has 0 unspecified atom stereocenters. The summed E-state index contributed by atoms with van der Waals surface area (Å²) in [6, 6.07) is 11.8. The van der Waals surface area contributed by atoms with E-state index in [0.29, 0.717) is 39.8 Å². The number of anilines is 1. The number of H-pyrrole nitrogens is 1. The van der Waals surface area contributed by atoms with Crippen LogP contribution in [0.3, 0.4) is 0 Å². The third kappa shape index (κ3) is 3.10. The Kier molecular flexibility index (Phi) is 5.40. The number of aromatic amines is 1. The Labute approximate surface area is 210 Å². The summed E-state index contributed by atoms with van der Waals surface area (Å²) < 4.78 is 22.0. The van der Waals surface area contributed by atoms with Crippen molar-refractivity contribution in [3.05, 3.63) is 59.0 Å². The fraction of sp³-hybridized carbons (Fsp3) is 0.200. The zero-order chi connectivity index (χ0) is 26.5. The molecule has 0 bridgehead atoms. The number of fused-ring (bicyclic) bond motifs is 4. The number of hydrogen-bond acceptors (Lipinski definition) is 10. The number of carboxylic acids is 1. The monoisotopic (exact) mass is 502 g/mol. The van der Waals surface area contributed by atoms with Crippen molar-refractivity contribution >= 4 is 17.6 Å². The van der Waals surface area contributed by atoms with Gasteiger partial charge in [-0.05, 0) is 18.2 Å². The fourth-order valence-electron chi connectivity index (χ4n) is 5.01. The van der Waals surface area contributed by atoms with Crippen LogP contribution >= 0.6 is 0 Å². The number of hydrogen-bond donors (Lipinski definition) is 2. The molecule has 3 N–H and O–H groups in total. The smallest absolute Gasteiger partial charge is 0.248 e. The van der Waals surface area contributed by atoms with E-state index in [4.69, 9.17) is 24.7 Å². The Bertz CT molecular complexity index is 1510. The van der Waals surface area contributed by atoms with Crippen molar-refractivity contribution in [1.29, 1.82) is 5.26 Å². The summed E-state index contributed by atoms with van der Waals surface area (Å²) in [5.41, 5.74) is 5.67. The van der Waals surface area contributed by atoms with Crippen LogP contribution in [-0.4, -0.2) is 49.9 Å². The largest absolute Gasteiger partial charge is 0.548 e. The van der Waals surface area contributed by atoms with Crippen LogP contribution in [0, 0.1) is 11.3 Å². The second-order valence-corrected chi connectivity index (χ2v) is 8.18. The maximum atomic E-state index is 14.2. The van der Waals surface area contributed by atoms with Crippen LogP contribution in [0.2, 0.25) is 0 Å². The van der Waals surface area contributed by atoms with E-state index in [9.17, 15) is 20.0 Å². The van der Waals surface area contributed by atoms with Crippen LogP contribution < -0.4 is 34.7 Å². The number of nitriles is 1. The summed E-state index contributed by atoms with van der Waals surface area (Å²) in [6.45, 7) is -0.732. The summed E-state index contributed by atoms with van der Waals surface area (Å²) in [5, 5.41) is 28.9. The highest BCUT2D eigenvalue weighted by Gasteiger charge is 2.61. The fourth-order valence-corrected chi connectivity index (χ4v) is 5.01. The molecule has 0 aliphatic carbocycles. The number of para-hydroxylation sites is 1. The molecule has 1 amide bonds. The maximum Gasteiger partial charge on any atom is 0.248 e. The molecule has 2 aromatic carbocycles. The Morgan fingerprint density at radius 3 is 2.49 bits per heavy atom. The molecule has 3 heterocycles. The summed E-state index contributed by atoms with van der Waals surface area (Å²) in [6.07, 6.45) is 0. The second kappa shape index (κ2) is 8.49. The van der Waals surface area contributed by atoms with Gasteiger partial charge in [0.05, 0.1) is 45.1 Å². The second-order valence-electron chi connectivity index (χ2n) is 8.18. The van der Waals surface area contributed by atoms with E-state index in [0.717, 1.165) is 4.90 Å². The van der Waals surface area contributed by atoms with Crippen molar-refractivity contribution in [3.8, 4) is 40.5 Å². The molecule has 1 atom stereocenters. The van der Waals surface area contributed by atoms with Gasteiger partial charge in [-0.1, -0.05) is 18.2 Å². The Hall–Kier alpha value is -5.18. The van der Waals surface area contributed by atoms with Crippen LogP contribution in [0.4, 0.5) is 5.69 Å². The van der Waals surface area contributed by atoms with Gasteiger partial charge in [0.15, 0.2) is 11.5 Å². The van der Waals surface area contributed by atoms with E-state index in [1.807, 2.05) is 6.07 Å². The number of methoxy groups -OCH3 is 3. The number of ether oxygens (including phenoxy) is 4. The van der Waals surface area contributed by atoms with Gasteiger partial charge < -0.3 is 39.5 Å². The van der Waals surface area contributed by atoms with Gasteiger partial charge in [0.25, 0.3) is 0 Å². The van der Waals surface area contributed by atoms with Crippen LogP contribution in [0.25, 0.3) is 11.3 Å². The quantitative estimate of drug-likeness (QED) is 0.484. The lowest BCUT2D eigenvalue weighted by molar-refractivity contribution is -0.303. The molecule has 0 saturated carbocycles. The van der Waals surface area contributed by atoms with Gasteiger partial charge in [0.1, 0.15) is 17.1 Å². The van der Waals surface area contributed by atoms with Crippen LogP contribution in [0.1, 0.15) is 11.1 Å². The van der Waals surface area contributed by atoms with Gasteiger partial charge in [-0.25, -0.2) is 0 Å². The zero-order valence-corrected chi connectivity index (χ0v) is 19.9. The topological polar surface area (TPSA) is 176 Å². The Morgan fingerprint density at radius 2 is 1.89 bits per heavy atom. The van der Waals surface area contributed by atoms with Gasteiger partial charge in [0.2, 0.25) is 23.4 Å². The van der Waals surface area contributed by atoms with E-state index in [1.54, 1.807) is 36.4 Å². The van der Waals surface area contributed by atoms with E-state index in [-0.39, 0.29) is 22.9 Å². The van der Waals surface area contributed by atoms with Gasteiger partial charge in [-0.3, -0.25) is 9.89 Å². The first-order valence-corrected chi connectivity index (χ1v) is 10.9. The molecule has 37 heavy (non-hydrogen) atoms. The van der Waals surface area contributed by atoms with Gasteiger partial charge in [-0.2, -0.15) is 5.26 Å². The lowest BCUT2D eigenvalue weighted by Gasteiger charge is -2.33. The summed E-state index contributed by atoms with van der Waals surface area (Å²) >= 11 is 0. The van der Waals surface area contributed by atoms with Crippen molar-refractivity contribution in [1.82, 2.24) is 10.2 Å². The average Bonchev–Trinajstić information content (AvgIpc) is 3.42. The van der Waals surface area contributed by atoms with Crippen LogP contribution in [-0.2, 0) is 15.0 Å². The number of benzene rings is 2. The lowest BCUT2D eigenvalue weighted by atomic mass is 9.68. The molecule has 0 radical (unpaired) electrons. The number of rotatable bonds is 6.